The summed E-state index contributed by atoms with van der Waals surface area (Å²) < 4.78 is 10.3. The number of amides is 1. The van der Waals surface area contributed by atoms with Gasteiger partial charge in [0.1, 0.15) is 5.75 Å². The van der Waals surface area contributed by atoms with Crippen molar-refractivity contribution in [2.24, 2.45) is 0 Å². The van der Waals surface area contributed by atoms with Crippen LogP contribution in [0.5, 0.6) is 5.75 Å². The first-order chi connectivity index (χ1) is 12.7. The first-order valence-corrected chi connectivity index (χ1v) is 8.21. The Morgan fingerprint density at radius 3 is 2.56 bits per heavy atom. The third-order valence-corrected chi connectivity index (χ3v) is 3.98. The second kappa shape index (κ2) is 8.50. The molecule has 1 N–H and O–H groups in total. The number of aryl methyl sites for hydroxylation is 1. The largest absolute Gasteiger partial charge is 0.495 e. The fraction of sp³-hybridized carbons (Fsp3) is 0.222. The van der Waals surface area contributed by atoms with Crippen LogP contribution in [-0.2, 0) is 9.53 Å². The van der Waals surface area contributed by atoms with Gasteiger partial charge in [-0.2, -0.15) is 0 Å². The molecule has 2 rings (SSSR count). The monoisotopic (exact) mass is 392 g/mol. The molecule has 0 bridgehead atoms. The zero-order valence-electron chi connectivity index (χ0n) is 14.8. The standard InChI is InChI=1S/C18H17ClN2O6/c1-10-4-7-16(26-3)15(8-10)20-17(22)11(2)27-18(23)13-9-12(21(24)25)5-6-14(13)19/h4-9,11H,1-3H3,(H,20,22). The molecule has 9 heteroatoms. The maximum absolute atomic E-state index is 12.3. The van der Waals surface area contributed by atoms with Crippen LogP contribution in [0.1, 0.15) is 22.8 Å². The summed E-state index contributed by atoms with van der Waals surface area (Å²) in [5, 5.41) is 13.4. The van der Waals surface area contributed by atoms with E-state index in [-0.39, 0.29) is 16.3 Å². The Bertz CT molecular complexity index is 899. The van der Waals surface area contributed by atoms with E-state index in [9.17, 15) is 19.7 Å². The highest BCUT2D eigenvalue weighted by Gasteiger charge is 2.23. The highest BCUT2D eigenvalue weighted by atomic mass is 35.5. The number of non-ortho nitro benzene ring substituents is 1. The van der Waals surface area contributed by atoms with Gasteiger partial charge in [-0.15, -0.1) is 0 Å². The molecule has 27 heavy (non-hydrogen) atoms. The number of esters is 1. The van der Waals surface area contributed by atoms with Gasteiger partial charge in [-0.25, -0.2) is 4.79 Å². The summed E-state index contributed by atoms with van der Waals surface area (Å²) in [6.07, 6.45) is -1.17. The Morgan fingerprint density at radius 2 is 1.93 bits per heavy atom. The smallest absolute Gasteiger partial charge is 0.340 e. The van der Waals surface area contributed by atoms with E-state index in [2.05, 4.69) is 5.32 Å². The molecule has 0 aliphatic carbocycles. The van der Waals surface area contributed by atoms with Crippen LogP contribution in [0.15, 0.2) is 36.4 Å². The molecule has 0 heterocycles. The summed E-state index contributed by atoms with van der Waals surface area (Å²) in [7, 11) is 1.47. The number of carbonyl (C=O) groups is 2. The van der Waals surface area contributed by atoms with Crippen molar-refractivity contribution in [1.82, 2.24) is 0 Å². The van der Waals surface area contributed by atoms with Crippen LogP contribution in [0.4, 0.5) is 11.4 Å². The molecule has 2 aromatic carbocycles. The lowest BCUT2D eigenvalue weighted by Crippen LogP contribution is -2.30. The predicted molar refractivity (Wildman–Crippen MR) is 99.3 cm³/mol. The van der Waals surface area contributed by atoms with E-state index in [0.29, 0.717) is 11.4 Å². The second-order valence-electron chi connectivity index (χ2n) is 5.66. The molecule has 0 saturated heterocycles. The van der Waals surface area contributed by atoms with Crippen molar-refractivity contribution < 1.29 is 24.0 Å². The lowest BCUT2D eigenvalue weighted by atomic mass is 10.2. The van der Waals surface area contributed by atoms with E-state index in [4.69, 9.17) is 21.1 Å². The van der Waals surface area contributed by atoms with Crippen molar-refractivity contribution in [3.63, 3.8) is 0 Å². The number of hydrogen-bond acceptors (Lipinski definition) is 6. The van der Waals surface area contributed by atoms with Crippen LogP contribution < -0.4 is 10.1 Å². The van der Waals surface area contributed by atoms with E-state index in [1.54, 1.807) is 12.1 Å². The van der Waals surface area contributed by atoms with Crippen molar-refractivity contribution in [2.45, 2.75) is 20.0 Å². The number of nitro benzene ring substituents is 1. The summed E-state index contributed by atoms with van der Waals surface area (Å²) in [5.74, 6) is -1.08. The number of nitro groups is 1. The molecule has 8 nitrogen and oxygen atoms in total. The lowest BCUT2D eigenvalue weighted by molar-refractivity contribution is -0.384. The SMILES string of the molecule is COc1ccc(C)cc1NC(=O)C(C)OC(=O)c1cc([N+](=O)[O-])ccc1Cl. The molecule has 0 aromatic heterocycles. The maximum atomic E-state index is 12.3. The maximum Gasteiger partial charge on any atom is 0.340 e. The molecule has 0 fully saturated rings. The second-order valence-corrected chi connectivity index (χ2v) is 6.07. The van der Waals surface area contributed by atoms with Gasteiger partial charge in [-0.05, 0) is 37.6 Å². The highest BCUT2D eigenvalue weighted by molar-refractivity contribution is 6.33. The Hall–Kier alpha value is -3.13. The molecular weight excluding hydrogens is 376 g/mol. The molecule has 2 aromatic rings. The van der Waals surface area contributed by atoms with Crippen LogP contribution in [-0.4, -0.2) is 30.0 Å². The van der Waals surface area contributed by atoms with Gasteiger partial charge in [0, 0.05) is 12.1 Å². The van der Waals surface area contributed by atoms with Gasteiger partial charge in [0.15, 0.2) is 6.10 Å². The van der Waals surface area contributed by atoms with Crippen molar-refractivity contribution in [3.8, 4) is 5.75 Å². The normalized spacial score (nSPS) is 11.4. The number of hydrogen-bond donors (Lipinski definition) is 1. The number of carbonyl (C=O) groups excluding carboxylic acids is 2. The summed E-state index contributed by atoms with van der Waals surface area (Å²) in [4.78, 5) is 34.8. The zero-order valence-corrected chi connectivity index (χ0v) is 15.6. The van der Waals surface area contributed by atoms with Crippen molar-refractivity contribution in [1.29, 1.82) is 0 Å². The number of nitrogens with one attached hydrogen (secondary N) is 1. The minimum Gasteiger partial charge on any atom is -0.495 e. The number of ether oxygens (including phenoxy) is 2. The molecule has 0 saturated carbocycles. The Morgan fingerprint density at radius 1 is 1.22 bits per heavy atom. The van der Waals surface area contributed by atoms with E-state index < -0.39 is 22.9 Å². The quantitative estimate of drug-likeness (QED) is 0.455. The molecule has 1 unspecified atom stereocenters. The minimum absolute atomic E-state index is 0.0152. The number of benzene rings is 2. The predicted octanol–water partition coefficient (Wildman–Crippen LogP) is 3.75. The van der Waals surface area contributed by atoms with Gasteiger partial charge in [0.2, 0.25) is 0 Å². The van der Waals surface area contributed by atoms with Crippen molar-refractivity contribution in [2.75, 3.05) is 12.4 Å². The number of methoxy groups -OCH3 is 1. The molecule has 0 radical (unpaired) electrons. The summed E-state index contributed by atoms with van der Waals surface area (Å²) in [6.45, 7) is 3.23. The van der Waals surface area contributed by atoms with Crippen molar-refractivity contribution >= 4 is 34.9 Å². The summed E-state index contributed by atoms with van der Waals surface area (Å²) in [5.41, 5.74) is 0.824. The first-order valence-electron chi connectivity index (χ1n) is 7.83. The first kappa shape index (κ1) is 20.2. The molecule has 1 atom stereocenters. The number of nitrogens with zero attached hydrogens (tertiary/aromatic N) is 1. The Balaban J connectivity index is 2.13. The molecule has 1 amide bonds. The topological polar surface area (TPSA) is 108 Å². The number of anilines is 1. The van der Waals surface area contributed by atoms with Crippen LogP contribution in [0.25, 0.3) is 0 Å². The van der Waals surface area contributed by atoms with Gasteiger partial charge >= 0.3 is 5.97 Å². The van der Waals surface area contributed by atoms with Gasteiger partial charge in [0.25, 0.3) is 11.6 Å². The summed E-state index contributed by atoms with van der Waals surface area (Å²) >= 11 is 5.91. The fourth-order valence-electron chi connectivity index (χ4n) is 2.21. The lowest BCUT2D eigenvalue weighted by Gasteiger charge is -2.16. The van der Waals surface area contributed by atoms with Crippen LogP contribution in [0, 0.1) is 17.0 Å². The molecule has 142 valence electrons. The number of halogens is 1. The molecular formula is C18H17ClN2O6. The van der Waals surface area contributed by atoms with Gasteiger partial charge in [-0.1, -0.05) is 17.7 Å². The molecule has 0 aliphatic heterocycles. The van der Waals surface area contributed by atoms with Crippen LogP contribution in [0.3, 0.4) is 0 Å². The average Bonchev–Trinajstić information content (AvgIpc) is 2.61. The van der Waals surface area contributed by atoms with Crippen LogP contribution in [0.2, 0.25) is 5.02 Å². The highest BCUT2D eigenvalue weighted by Crippen LogP contribution is 2.26. The van der Waals surface area contributed by atoms with Crippen LogP contribution >= 0.6 is 11.6 Å². The Kier molecular flexibility index (Phi) is 6.36. The minimum atomic E-state index is -1.17. The summed E-state index contributed by atoms with van der Waals surface area (Å²) in [6, 6.07) is 8.62. The van der Waals surface area contributed by atoms with E-state index in [0.717, 1.165) is 11.6 Å². The van der Waals surface area contributed by atoms with Gasteiger partial charge < -0.3 is 14.8 Å². The van der Waals surface area contributed by atoms with E-state index in [1.807, 2.05) is 13.0 Å². The third-order valence-electron chi connectivity index (χ3n) is 3.65. The van der Waals surface area contributed by atoms with Crippen molar-refractivity contribution in [3.05, 3.63) is 62.7 Å². The third kappa shape index (κ3) is 4.95. The number of rotatable bonds is 6. The fourth-order valence-corrected chi connectivity index (χ4v) is 2.41. The van der Waals surface area contributed by atoms with E-state index in [1.165, 1.54) is 26.2 Å². The average molecular weight is 393 g/mol. The molecule has 0 aliphatic rings. The molecule has 0 spiro atoms. The van der Waals surface area contributed by atoms with Gasteiger partial charge in [-0.3, -0.25) is 14.9 Å². The zero-order chi connectivity index (χ0) is 20.1. The Labute approximate surface area is 160 Å². The van der Waals surface area contributed by atoms with Gasteiger partial charge in [0.05, 0.1) is 28.3 Å². The van der Waals surface area contributed by atoms with E-state index >= 15 is 0 Å².